The normalized spacial score (nSPS) is 22.8. The Balaban J connectivity index is 0.000000180. The van der Waals surface area contributed by atoms with Crippen molar-refractivity contribution in [3.8, 4) is 0 Å². The highest BCUT2D eigenvalue weighted by atomic mass is 16.5. The maximum absolute atomic E-state index is 10.4. The maximum Gasteiger partial charge on any atom is 0.326 e. The number of urea groups is 1. The summed E-state index contributed by atoms with van der Waals surface area (Å²) in [4.78, 5) is 32.5. The number of nitrogens with zero attached hydrogens (tertiary/aromatic N) is 1. The number of carboxylic acid groups (broad SMARTS) is 1. The minimum absolute atomic E-state index is 0.164. The van der Waals surface area contributed by atoms with Crippen molar-refractivity contribution in [3.05, 3.63) is 0 Å². The molecule has 18 heavy (non-hydrogen) atoms. The van der Waals surface area contributed by atoms with Gasteiger partial charge in [0, 0.05) is 19.5 Å². The number of primary amides is 1. The van der Waals surface area contributed by atoms with Gasteiger partial charge in [-0.3, -0.25) is 4.79 Å². The van der Waals surface area contributed by atoms with E-state index in [1.807, 2.05) is 0 Å². The Bertz CT molecular complexity index is 327. The lowest BCUT2D eigenvalue weighted by Gasteiger charge is -2.24. The first-order chi connectivity index (χ1) is 8.50. The van der Waals surface area contributed by atoms with Gasteiger partial charge in [0.05, 0.1) is 13.2 Å². The van der Waals surface area contributed by atoms with Crippen LogP contribution in [0.15, 0.2) is 0 Å². The summed E-state index contributed by atoms with van der Waals surface area (Å²) in [5, 5.41) is 10.6. The van der Waals surface area contributed by atoms with Gasteiger partial charge in [0.15, 0.2) is 0 Å². The Morgan fingerprint density at radius 1 is 1.39 bits per heavy atom. The van der Waals surface area contributed by atoms with Crippen LogP contribution in [0.2, 0.25) is 0 Å². The quantitative estimate of drug-likeness (QED) is 0.543. The summed E-state index contributed by atoms with van der Waals surface area (Å²) in [6.45, 7) is 2.50. The summed E-state index contributed by atoms with van der Waals surface area (Å²) in [5.74, 6) is -1.11. The number of carbonyl (C=O) groups excluding carboxylic acids is 2. The van der Waals surface area contributed by atoms with E-state index in [4.69, 9.17) is 15.6 Å². The first-order valence-corrected chi connectivity index (χ1v) is 5.65. The first kappa shape index (κ1) is 14.2. The number of aliphatic carboxylic acids is 1. The summed E-state index contributed by atoms with van der Waals surface area (Å²) in [6.07, 6.45) is 0.769. The molecule has 102 valence electrons. The molecule has 8 heteroatoms. The molecule has 3 amide bonds. The smallest absolute Gasteiger partial charge is 0.326 e. The van der Waals surface area contributed by atoms with Crippen LogP contribution >= 0.6 is 0 Å². The van der Waals surface area contributed by atoms with E-state index < -0.39 is 12.0 Å². The molecule has 0 aliphatic carbocycles. The fourth-order valence-corrected chi connectivity index (χ4v) is 1.58. The largest absolute Gasteiger partial charge is 0.480 e. The maximum atomic E-state index is 10.4. The summed E-state index contributed by atoms with van der Waals surface area (Å²) < 4.78 is 5.00. The Morgan fingerprint density at radius 3 is 2.28 bits per heavy atom. The van der Waals surface area contributed by atoms with Gasteiger partial charge >= 0.3 is 12.0 Å². The number of nitrogens with two attached hydrogens (primary N) is 1. The Labute approximate surface area is 104 Å². The van der Waals surface area contributed by atoms with Gasteiger partial charge in [0.25, 0.3) is 0 Å². The molecule has 0 unspecified atom stereocenters. The highest BCUT2D eigenvalue weighted by Gasteiger charge is 2.26. The van der Waals surface area contributed by atoms with E-state index in [0.717, 1.165) is 0 Å². The van der Waals surface area contributed by atoms with Crippen molar-refractivity contribution >= 4 is 17.9 Å². The van der Waals surface area contributed by atoms with Crippen molar-refractivity contribution in [2.45, 2.75) is 18.9 Å². The van der Waals surface area contributed by atoms with Crippen LogP contribution in [-0.4, -0.2) is 60.3 Å². The van der Waals surface area contributed by atoms with E-state index in [2.05, 4.69) is 5.32 Å². The molecule has 2 aliphatic heterocycles. The third-order valence-corrected chi connectivity index (χ3v) is 2.62. The van der Waals surface area contributed by atoms with E-state index in [9.17, 15) is 14.4 Å². The SMILES string of the molecule is NC(=O)N1CCOCC1.O=C1CC[C@H](C(=O)O)N1. The number of carboxylic acids is 1. The number of hydrogen-bond acceptors (Lipinski definition) is 4. The first-order valence-electron chi connectivity index (χ1n) is 5.65. The van der Waals surface area contributed by atoms with Gasteiger partial charge < -0.3 is 25.8 Å². The fraction of sp³-hybridized carbons (Fsp3) is 0.700. The Kier molecular flexibility index (Phi) is 5.37. The standard InChI is InChI=1S/C5H10N2O2.C5H7NO3/c6-5(8)7-1-3-9-4-2-7;7-4-2-1-3(6-4)5(8)9/h1-4H2,(H2,6,8);3H,1-2H2,(H,6,7)(H,8,9)/t;3-/m.1/s1. The number of nitrogens with one attached hydrogen (secondary N) is 1. The number of ether oxygens (including phenoxy) is 1. The van der Waals surface area contributed by atoms with Gasteiger partial charge in [-0.2, -0.15) is 0 Å². The molecule has 8 nitrogen and oxygen atoms in total. The molecule has 1 atom stereocenters. The molecule has 0 bridgehead atoms. The third-order valence-electron chi connectivity index (χ3n) is 2.62. The van der Waals surface area contributed by atoms with Crippen LogP contribution in [0.4, 0.5) is 4.79 Å². The molecule has 0 aromatic heterocycles. The average molecular weight is 259 g/mol. The van der Waals surface area contributed by atoms with Gasteiger partial charge in [0.2, 0.25) is 5.91 Å². The summed E-state index contributed by atoms with van der Waals surface area (Å²) in [6, 6.07) is -0.990. The molecule has 0 aromatic rings. The van der Waals surface area contributed by atoms with Crippen molar-refractivity contribution in [1.82, 2.24) is 10.2 Å². The van der Waals surface area contributed by atoms with Gasteiger partial charge in [0.1, 0.15) is 6.04 Å². The molecule has 2 aliphatic rings. The monoisotopic (exact) mass is 259 g/mol. The molecule has 4 N–H and O–H groups in total. The van der Waals surface area contributed by atoms with Crippen molar-refractivity contribution < 1.29 is 24.2 Å². The van der Waals surface area contributed by atoms with Crippen LogP contribution in [0.25, 0.3) is 0 Å². The van der Waals surface area contributed by atoms with Crippen LogP contribution in [0.1, 0.15) is 12.8 Å². The number of rotatable bonds is 1. The van der Waals surface area contributed by atoms with Crippen LogP contribution in [-0.2, 0) is 14.3 Å². The molecule has 2 heterocycles. The van der Waals surface area contributed by atoms with E-state index >= 15 is 0 Å². The molecule has 2 saturated heterocycles. The van der Waals surface area contributed by atoms with Crippen molar-refractivity contribution in [3.63, 3.8) is 0 Å². The highest BCUT2D eigenvalue weighted by Crippen LogP contribution is 2.05. The average Bonchev–Trinajstić information content (AvgIpc) is 2.78. The van der Waals surface area contributed by atoms with E-state index in [1.54, 1.807) is 4.90 Å². The minimum atomic E-state index is -0.944. The second kappa shape index (κ2) is 6.80. The zero-order valence-corrected chi connectivity index (χ0v) is 9.92. The zero-order chi connectivity index (χ0) is 13.5. The molecule has 0 saturated carbocycles. The van der Waals surface area contributed by atoms with E-state index in [0.29, 0.717) is 39.1 Å². The summed E-state index contributed by atoms with van der Waals surface area (Å²) in [7, 11) is 0. The third kappa shape index (κ3) is 4.58. The van der Waals surface area contributed by atoms with Crippen LogP contribution < -0.4 is 11.1 Å². The molecule has 2 fully saturated rings. The predicted molar refractivity (Wildman–Crippen MR) is 60.8 cm³/mol. The second-order valence-corrected chi connectivity index (χ2v) is 3.93. The summed E-state index contributed by atoms with van der Waals surface area (Å²) >= 11 is 0. The van der Waals surface area contributed by atoms with Gasteiger partial charge in [-0.1, -0.05) is 0 Å². The molecule has 2 rings (SSSR count). The molecular formula is C10H17N3O5. The highest BCUT2D eigenvalue weighted by molar-refractivity contribution is 5.87. The zero-order valence-electron chi connectivity index (χ0n) is 9.92. The Morgan fingerprint density at radius 2 is 2.00 bits per heavy atom. The van der Waals surface area contributed by atoms with Gasteiger partial charge in [-0.15, -0.1) is 0 Å². The van der Waals surface area contributed by atoms with Crippen molar-refractivity contribution in [2.24, 2.45) is 5.73 Å². The number of morpholine rings is 1. The second-order valence-electron chi connectivity index (χ2n) is 3.93. The van der Waals surface area contributed by atoms with E-state index in [-0.39, 0.29) is 11.9 Å². The van der Waals surface area contributed by atoms with Crippen molar-refractivity contribution in [2.75, 3.05) is 26.3 Å². The Hall–Kier alpha value is -1.83. The number of carbonyl (C=O) groups is 3. The van der Waals surface area contributed by atoms with Crippen LogP contribution in [0.5, 0.6) is 0 Å². The molecular weight excluding hydrogens is 242 g/mol. The molecule has 0 aromatic carbocycles. The van der Waals surface area contributed by atoms with Crippen LogP contribution in [0.3, 0.4) is 0 Å². The lowest BCUT2D eigenvalue weighted by atomic mass is 10.2. The predicted octanol–water partition coefficient (Wildman–Crippen LogP) is -1.25. The molecule has 0 spiro atoms. The van der Waals surface area contributed by atoms with Crippen molar-refractivity contribution in [1.29, 1.82) is 0 Å². The lowest BCUT2D eigenvalue weighted by molar-refractivity contribution is -0.140. The number of hydrogen-bond donors (Lipinski definition) is 3. The van der Waals surface area contributed by atoms with Gasteiger partial charge in [-0.05, 0) is 6.42 Å². The number of amides is 3. The van der Waals surface area contributed by atoms with Gasteiger partial charge in [-0.25, -0.2) is 9.59 Å². The minimum Gasteiger partial charge on any atom is -0.480 e. The molecule has 0 radical (unpaired) electrons. The lowest BCUT2D eigenvalue weighted by Crippen LogP contribution is -2.43. The van der Waals surface area contributed by atoms with Crippen LogP contribution in [0, 0.1) is 0 Å². The topological polar surface area (TPSA) is 122 Å². The van der Waals surface area contributed by atoms with E-state index in [1.165, 1.54) is 0 Å². The summed E-state index contributed by atoms with van der Waals surface area (Å²) in [5.41, 5.74) is 5.00. The fourth-order valence-electron chi connectivity index (χ4n) is 1.58.